The Hall–Kier alpha value is -2.88. The quantitative estimate of drug-likeness (QED) is 0.491. The maximum absolute atomic E-state index is 12.9. The first-order chi connectivity index (χ1) is 18.0. The summed E-state index contributed by atoms with van der Waals surface area (Å²) in [5, 5.41) is 14.1. The molecule has 0 aromatic heterocycles. The van der Waals surface area contributed by atoms with Crippen LogP contribution in [0.25, 0.3) is 0 Å². The Morgan fingerprint density at radius 3 is 2.37 bits per heavy atom. The van der Waals surface area contributed by atoms with E-state index in [4.69, 9.17) is 24.7 Å². The van der Waals surface area contributed by atoms with Gasteiger partial charge in [-0.25, -0.2) is 4.79 Å². The van der Waals surface area contributed by atoms with Crippen molar-refractivity contribution < 1.29 is 33.6 Å². The van der Waals surface area contributed by atoms with Crippen LogP contribution in [-0.4, -0.2) is 62.9 Å². The van der Waals surface area contributed by atoms with Gasteiger partial charge in [-0.2, -0.15) is 0 Å². The van der Waals surface area contributed by atoms with E-state index in [9.17, 15) is 14.7 Å². The highest BCUT2D eigenvalue weighted by molar-refractivity contribution is 6.03. The van der Waals surface area contributed by atoms with E-state index in [-0.39, 0.29) is 17.7 Å². The van der Waals surface area contributed by atoms with Gasteiger partial charge in [-0.15, -0.1) is 0 Å². The molecule has 2 rings (SSSR count). The molecule has 0 fully saturated rings. The van der Waals surface area contributed by atoms with E-state index in [1.54, 1.807) is 27.2 Å². The van der Waals surface area contributed by atoms with Crippen LogP contribution >= 0.6 is 0 Å². The molecule has 9 heteroatoms. The van der Waals surface area contributed by atoms with Gasteiger partial charge in [0.15, 0.2) is 6.10 Å². The fourth-order valence-electron chi connectivity index (χ4n) is 4.94. The Morgan fingerprint density at radius 2 is 1.76 bits per heavy atom. The van der Waals surface area contributed by atoms with Gasteiger partial charge in [-0.05, 0) is 68.7 Å². The average molecular weight is 533 g/mol. The molecule has 0 saturated heterocycles. The SMILES string of the molecule is COc1cc2cc(c1)NC(=O)C(C)=CCC[C@H](OC)[C@@H](OC(N)=O)C(C)=C[C@H](C)[C@@H](O)[C@@H](OC)C[C@H](C)C2. The number of carbonyl (C=O) groups excluding carboxylic acids is 2. The minimum atomic E-state index is -0.914. The number of carbonyl (C=O) groups is 2. The number of allylic oxidation sites excluding steroid dienone is 1. The number of aliphatic hydroxyl groups is 1. The van der Waals surface area contributed by atoms with Crippen LogP contribution in [0.1, 0.15) is 52.5 Å². The number of amides is 2. The predicted octanol–water partition coefficient (Wildman–Crippen LogP) is 4.38. The van der Waals surface area contributed by atoms with Gasteiger partial charge in [0.05, 0.1) is 25.4 Å². The van der Waals surface area contributed by atoms with Crippen LogP contribution < -0.4 is 15.8 Å². The second kappa shape index (κ2) is 14.9. The molecule has 1 aliphatic heterocycles. The van der Waals surface area contributed by atoms with Gasteiger partial charge in [-0.3, -0.25) is 4.79 Å². The maximum Gasteiger partial charge on any atom is 0.405 e. The molecule has 4 N–H and O–H groups in total. The Bertz CT molecular complexity index is 1010. The van der Waals surface area contributed by atoms with E-state index in [0.29, 0.717) is 48.3 Å². The van der Waals surface area contributed by atoms with E-state index >= 15 is 0 Å². The zero-order chi connectivity index (χ0) is 28.4. The molecule has 6 atom stereocenters. The molecule has 2 bridgehead atoms. The third-order valence-corrected chi connectivity index (χ3v) is 7.02. The highest BCUT2D eigenvalue weighted by Gasteiger charge is 2.30. The van der Waals surface area contributed by atoms with Gasteiger partial charge < -0.3 is 35.1 Å². The summed E-state index contributed by atoms with van der Waals surface area (Å²) in [6.45, 7) is 7.56. The van der Waals surface area contributed by atoms with Gasteiger partial charge in [0.1, 0.15) is 5.75 Å². The second-order valence-corrected chi connectivity index (χ2v) is 10.2. The molecular formula is C29H44N2O7. The summed E-state index contributed by atoms with van der Waals surface area (Å²) in [5.41, 5.74) is 8.28. The lowest BCUT2D eigenvalue weighted by atomic mass is 9.88. The van der Waals surface area contributed by atoms with E-state index < -0.39 is 30.5 Å². The van der Waals surface area contributed by atoms with Gasteiger partial charge >= 0.3 is 6.09 Å². The molecule has 1 aliphatic rings. The standard InChI is InChI=1S/C29H44N2O7/c1-17-11-21-14-22(16-23(15-21)35-5)31-28(33)18(2)9-8-10-24(36-6)27(38-29(30)34)20(4)13-19(3)26(32)25(12-17)37-7/h9,13-17,19,24-27,32H,8,10-12H2,1-7H3,(H2,30,34)(H,31,33)/t17-,19+,24+,25+,26-,27+/m1/s1. The summed E-state index contributed by atoms with van der Waals surface area (Å²) in [5.74, 6) is 0.299. The highest BCUT2D eigenvalue weighted by Crippen LogP contribution is 2.28. The van der Waals surface area contributed by atoms with Crippen molar-refractivity contribution in [2.75, 3.05) is 26.6 Å². The monoisotopic (exact) mass is 532 g/mol. The van der Waals surface area contributed by atoms with Gasteiger partial charge in [0.25, 0.3) is 5.91 Å². The lowest BCUT2D eigenvalue weighted by Crippen LogP contribution is -2.37. The van der Waals surface area contributed by atoms with Crippen LogP contribution in [0.15, 0.2) is 41.5 Å². The summed E-state index contributed by atoms with van der Waals surface area (Å²) < 4.78 is 22.3. The second-order valence-electron chi connectivity index (χ2n) is 10.2. The number of primary amides is 1. The third-order valence-electron chi connectivity index (χ3n) is 7.02. The fraction of sp³-hybridized carbons (Fsp3) is 0.586. The number of nitrogens with one attached hydrogen (secondary N) is 1. The van der Waals surface area contributed by atoms with Gasteiger partial charge in [-0.1, -0.05) is 26.0 Å². The zero-order valence-electron chi connectivity index (χ0n) is 23.7. The molecule has 2 amide bonds. The van der Waals surface area contributed by atoms with Crippen LogP contribution in [0, 0.1) is 11.8 Å². The van der Waals surface area contributed by atoms with Crippen molar-refractivity contribution in [3.8, 4) is 5.75 Å². The summed E-state index contributed by atoms with van der Waals surface area (Å²) in [4.78, 5) is 24.6. The normalized spacial score (nSPS) is 28.1. The molecule has 212 valence electrons. The van der Waals surface area contributed by atoms with Crippen LogP contribution in [0.4, 0.5) is 10.5 Å². The Morgan fingerprint density at radius 1 is 1.08 bits per heavy atom. The van der Waals surface area contributed by atoms with Gasteiger partial charge in [0, 0.05) is 37.5 Å². The smallest absolute Gasteiger partial charge is 0.405 e. The van der Waals surface area contributed by atoms with Crippen molar-refractivity contribution in [3.63, 3.8) is 0 Å². The minimum Gasteiger partial charge on any atom is -0.497 e. The van der Waals surface area contributed by atoms with E-state index in [0.717, 1.165) is 5.56 Å². The summed E-state index contributed by atoms with van der Waals surface area (Å²) in [7, 11) is 4.72. The number of benzene rings is 1. The first-order valence-electron chi connectivity index (χ1n) is 13.0. The van der Waals surface area contributed by atoms with Crippen molar-refractivity contribution in [2.24, 2.45) is 17.6 Å². The molecule has 1 aromatic rings. The molecule has 0 unspecified atom stereocenters. The molecule has 1 heterocycles. The van der Waals surface area contributed by atoms with Crippen LogP contribution in [0.2, 0.25) is 0 Å². The van der Waals surface area contributed by atoms with Gasteiger partial charge in [0.2, 0.25) is 0 Å². The van der Waals surface area contributed by atoms with Crippen LogP contribution in [0.3, 0.4) is 0 Å². The Labute approximate surface area is 226 Å². The molecular weight excluding hydrogens is 488 g/mol. The third kappa shape index (κ3) is 9.15. The fourth-order valence-corrected chi connectivity index (χ4v) is 4.94. The topological polar surface area (TPSA) is 129 Å². The van der Waals surface area contributed by atoms with Crippen molar-refractivity contribution in [1.29, 1.82) is 0 Å². The number of rotatable bonds is 4. The highest BCUT2D eigenvalue weighted by atomic mass is 16.6. The maximum atomic E-state index is 12.9. The lowest BCUT2D eigenvalue weighted by Gasteiger charge is -2.30. The average Bonchev–Trinajstić information content (AvgIpc) is 2.87. The van der Waals surface area contributed by atoms with Crippen LogP contribution in [0.5, 0.6) is 5.75 Å². The number of ether oxygens (including phenoxy) is 4. The Kier molecular flexibility index (Phi) is 12.3. The zero-order valence-corrected chi connectivity index (χ0v) is 23.7. The summed E-state index contributed by atoms with van der Waals surface area (Å²) in [6, 6.07) is 5.68. The van der Waals surface area contributed by atoms with Crippen molar-refractivity contribution >= 4 is 17.7 Å². The molecule has 0 aliphatic carbocycles. The molecule has 1 aromatic carbocycles. The molecule has 0 spiro atoms. The number of hydrogen-bond donors (Lipinski definition) is 3. The lowest BCUT2D eigenvalue weighted by molar-refractivity contribution is -0.112. The number of aliphatic hydroxyl groups excluding tert-OH is 1. The number of hydrogen-bond acceptors (Lipinski definition) is 7. The number of nitrogens with two attached hydrogens (primary N) is 1. The van der Waals surface area contributed by atoms with E-state index in [1.165, 1.54) is 7.11 Å². The molecule has 0 saturated carbocycles. The molecule has 38 heavy (non-hydrogen) atoms. The van der Waals surface area contributed by atoms with Crippen molar-refractivity contribution in [2.45, 2.75) is 77.8 Å². The summed E-state index contributed by atoms with van der Waals surface area (Å²) >= 11 is 0. The number of anilines is 1. The number of fused-ring (bicyclic) bond motifs is 2. The first-order valence-corrected chi connectivity index (χ1v) is 13.0. The first kappa shape index (κ1) is 31.3. The van der Waals surface area contributed by atoms with E-state index in [1.807, 2.05) is 38.1 Å². The Balaban J connectivity index is 2.49. The van der Waals surface area contributed by atoms with Crippen molar-refractivity contribution in [1.82, 2.24) is 0 Å². The molecule has 0 radical (unpaired) electrons. The van der Waals surface area contributed by atoms with Crippen LogP contribution in [-0.2, 0) is 25.4 Å². The predicted molar refractivity (Wildman–Crippen MR) is 147 cm³/mol. The number of methoxy groups -OCH3 is 3. The largest absolute Gasteiger partial charge is 0.497 e. The minimum absolute atomic E-state index is 0.162. The summed E-state index contributed by atoms with van der Waals surface area (Å²) in [6.07, 6.45) is 2.62. The van der Waals surface area contributed by atoms with Crippen molar-refractivity contribution in [3.05, 3.63) is 47.1 Å². The molecule has 9 nitrogen and oxygen atoms in total. The van der Waals surface area contributed by atoms with E-state index in [2.05, 4.69) is 12.2 Å².